The Kier molecular flexibility index (Phi) is 6.22. The number of carboxylic acid groups (broad SMARTS) is 1. The summed E-state index contributed by atoms with van der Waals surface area (Å²) in [5.74, 6) is -0.949. The molecule has 0 aromatic heterocycles. The first-order valence-electron chi connectivity index (χ1n) is 6.96. The SMILES string of the molecule is Cc1cccc(CCC(=O)NC(CC(C)C)C(=O)O)c1. The quantitative estimate of drug-likeness (QED) is 0.805. The highest BCUT2D eigenvalue weighted by Gasteiger charge is 2.20. The molecule has 1 aromatic carbocycles. The molecule has 110 valence electrons. The number of benzene rings is 1. The maximum absolute atomic E-state index is 11.8. The molecule has 0 heterocycles. The summed E-state index contributed by atoms with van der Waals surface area (Å²) in [6.07, 6.45) is 1.39. The molecule has 0 aliphatic rings. The Morgan fingerprint density at radius 1 is 1.30 bits per heavy atom. The summed E-state index contributed by atoms with van der Waals surface area (Å²) in [5.41, 5.74) is 2.25. The molecule has 0 saturated heterocycles. The fraction of sp³-hybridized carbons (Fsp3) is 0.500. The molecule has 1 rings (SSSR count). The van der Waals surface area contributed by atoms with Crippen molar-refractivity contribution in [3.8, 4) is 0 Å². The summed E-state index contributed by atoms with van der Waals surface area (Å²) in [6, 6.07) is 7.19. The lowest BCUT2D eigenvalue weighted by molar-refractivity contribution is -0.142. The predicted octanol–water partition coefficient (Wildman–Crippen LogP) is 2.54. The minimum atomic E-state index is -0.970. The van der Waals surface area contributed by atoms with E-state index in [1.807, 2.05) is 45.0 Å². The van der Waals surface area contributed by atoms with Crippen molar-refractivity contribution in [2.75, 3.05) is 0 Å². The molecular formula is C16H23NO3. The molecule has 0 fully saturated rings. The Hall–Kier alpha value is -1.84. The van der Waals surface area contributed by atoms with Crippen LogP contribution < -0.4 is 5.32 Å². The number of hydrogen-bond donors (Lipinski definition) is 2. The second kappa shape index (κ2) is 7.68. The molecule has 0 radical (unpaired) electrons. The first-order valence-corrected chi connectivity index (χ1v) is 6.96. The highest BCUT2D eigenvalue weighted by atomic mass is 16.4. The van der Waals surface area contributed by atoms with Crippen LogP contribution in [0.25, 0.3) is 0 Å². The van der Waals surface area contributed by atoms with Gasteiger partial charge < -0.3 is 10.4 Å². The van der Waals surface area contributed by atoms with Gasteiger partial charge in [-0.05, 0) is 31.2 Å². The van der Waals surface area contributed by atoms with Gasteiger partial charge in [0.15, 0.2) is 0 Å². The van der Waals surface area contributed by atoms with Gasteiger partial charge in [0.1, 0.15) is 6.04 Å². The monoisotopic (exact) mass is 277 g/mol. The normalized spacial score (nSPS) is 12.2. The second-order valence-electron chi connectivity index (χ2n) is 5.58. The van der Waals surface area contributed by atoms with Gasteiger partial charge in [-0.15, -0.1) is 0 Å². The van der Waals surface area contributed by atoms with Crippen molar-refractivity contribution in [1.82, 2.24) is 5.32 Å². The summed E-state index contributed by atoms with van der Waals surface area (Å²) in [7, 11) is 0. The zero-order valence-corrected chi connectivity index (χ0v) is 12.3. The van der Waals surface area contributed by atoms with Crippen LogP contribution >= 0.6 is 0 Å². The fourth-order valence-electron chi connectivity index (χ4n) is 2.08. The van der Waals surface area contributed by atoms with Gasteiger partial charge in [-0.1, -0.05) is 43.7 Å². The number of aliphatic carboxylic acids is 1. The molecule has 2 N–H and O–H groups in total. The van der Waals surface area contributed by atoms with Gasteiger partial charge in [0.2, 0.25) is 5.91 Å². The van der Waals surface area contributed by atoms with Crippen LogP contribution in [0.4, 0.5) is 0 Å². The van der Waals surface area contributed by atoms with Gasteiger partial charge in [0.25, 0.3) is 0 Å². The maximum atomic E-state index is 11.8. The van der Waals surface area contributed by atoms with E-state index in [2.05, 4.69) is 5.32 Å². The molecule has 0 spiro atoms. The van der Waals surface area contributed by atoms with Crippen molar-refractivity contribution in [2.45, 2.75) is 46.1 Å². The fourth-order valence-corrected chi connectivity index (χ4v) is 2.08. The van der Waals surface area contributed by atoms with E-state index in [-0.39, 0.29) is 11.8 Å². The van der Waals surface area contributed by atoms with Crippen molar-refractivity contribution in [3.05, 3.63) is 35.4 Å². The van der Waals surface area contributed by atoms with Crippen molar-refractivity contribution in [1.29, 1.82) is 0 Å². The van der Waals surface area contributed by atoms with E-state index in [1.165, 1.54) is 0 Å². The number of amides is 1. The van der Waals surface area contributed by atoms with Crippen LogP contribution in [-0.2, 0) is 16.0 Å². The van der Waals surface area contributed by atoms with Crippen LogP contribution in [0.3, 0.4) is 0 Å². The van der Waals surface area contributed by atoms with Gasteiger partial charge in [-0.3, -0.25) is 4.79 Å². The Morgan fingerprint density at radius 3 is 2.55 bits per heavy atom. The molecular weight excluding hydrogens is 254 g/mol. The van der Waals surface area contributed by atoms with Crippen LogP contribution in [-0.4, -0.2) is 23.0 Å². The van der Waals surface area contributed by atoms with Gasteiger partial charge >= 0.3 is 5.97 Å². The zero-order chi connectivity index (χ0) is 15.1. The van der Waals surface area contributed by atoms with Gasteiger partial charge in [-0.2, -0.15) is 0 Å². The second-order valence-corrected chi connectivity index (χ2v) is 5.58. The number of rotatable bonds is 7. The maximum Gasteiger partial charge on any atom is 0.326 e. The number of carbonyl (C=O) groups is 2. The largest absolute Gasteiger partial charge is 0.480 e. The Bertz CT molecular complexity index is 469. The highest BCUT2D eigenvalue weighted by Crippen LogP contribution is 2.08. The van der Waals surface area contributed by atoms with E-state index >= 15 is 0 Å². The number of nitrogens with one attached hydrogen (secondary N) is 1. The van der Waals surface area contributed by atoms with Crippen LogP contribution in [0.5, 0.6) is 0 Å². The predicted molar refractivity (Wildman–Crippen MR) is 78.5 cm³/mol. The third-order valence-electron chi connectivity index (χ3n) is 3.06. The molecule has 1 atom stereocenters. The molecule has 4 heteroatoms. The lowest BCUT2D eigenvalue weighted by atomic mass is 10.0. The molecule has 4 nitrogen and oxygen atoms in total. The lowest BCUT2D eigenvalue weighted by Gasteiger charge is -2.16. The van der Waals surface area contributed by atoms with Crippen molar-refractivity contribution in [3.63, 3.8) is 0 Å². The molecule has 0 saturated carbocycles. The standard InChI is InChI=1S/C16H23NO3/c1-11(2)9-14(16(19)20)17-15(18)8-7-13-6-4-5-12(3)10-13/h4-6,10-11,14H,7-9H2,1-3H3,(H,17,18)(H,19,20). The minimum absolute atomic E-state index is 0.209. The smallest absolute Gasteiger partial charge is 0.326 e. The van der Waals surface area contributed by atoms with Crippen LogP contribution in [0.1, 0.15) is 37.8 Å². The summed E-state index contributed by atoms with van der Waals surface area (Å²) >= 11 is 0. The topological polar surface area (TPSA) is 66.4 Å². The average molecular weight is 277 g/mol. The van der Waals surface area contributed by atoms with Gasteiger partial charge in [0, 0.05) is 6.42 Å². The Morgan fingerprint density at radius 2 is 2.00 bits per heavy atom. The van der Waals surface area contributed by atoms with Crippen LogP contribution in [0.2, 0.25) is 0 Å². The first kappa shape index (κ1) is 16.2. The lowest BCUT2D eigenvalue weighted by Crippen LogP contribution is -2.41. The van der Waals surface area contributed by atoms with E-state index in [0.29, 0.717) is 19.3 Å². The molecule has 0 aliphatic heterocycles. The first-order chi connectivity index (χ1) is 9.38. The summed E-state index contributed by atoms with van der Waals surface area (Å²) in [6.45, 7) is 5.89. The van der Waals surface area contributed by atoms with Crippen molar-refractivity contribution in [2.24, 2.45) is 5.92 Å². The van der Waals surface area contributed by atoms with E-state index < -0.39 is 12.0 Å². The molecule has 1 amide bonds. The van der Waals surface area contributed by atoms with Crippen LogP contribution in [0, 0.1) is 12.8 Å². The van der Waals surface area contributed by atoms with E-state index in [1.54, 1.807) is 0 Å². The molecule has 1 unspecified atom stereocenters. The Labute approximate surface area is 120 Å². The number of carbonyl (C=O) groups excluding carboxylic acids is 1. The van der Waals surface area contributed by atoms with Crippen LogP contribution in [0.15, 0.2) is 24.3 Å². The average Bonchev–Trinajstić information content (AvgIpc) is 2.35. The number of carboxylic acids is 1. The zero-order valence-electron chi connectivity index (χ0n) is 12.3. The number of aryl methyl sites for hydroxylation is 2. The summed E-state index contributed by atoms with van der Waals surface area (Å²) < 4.78 is 0. The van der Waals surface area contributed by atoms with Crippen molar-refractivity contribution >= 4 is 11.9 Å². The highest BCUT2D eigenvalue weighted by molar-refractivity contribution is 5.83. The van der Waals surface area contributed by atoms with E-state index in [9.17, 15) is 9.59 Å². The molecule has 0 bridgehead atoms. The summed E-state index contributed by atoms with van der Waals surface area (Å²) in [5, 5.41) is 11.7. The van der Waals surface area contributed by atoms with E-state index in [4.69, 9.17) is 5.11 Å². The number of hydrogen-bond acceptors (Lipinski definition) is 2. The Balaban J connectivity index is 2.47. The minimum Gasteiger partial charge on any atom is -0.480 e. The van der Waals surface area contributed by atoms with Crippen molar-refractivity contribution < 1.29 is 14.7 Å². The third kappa shape index (κ3) is 5.87. The van der Waals surface area contributed by atoms with Gasteiger partial charge in [0.05, 0.1) is 0 Å². The molecule has 20 heavy (non-hydrogen) atoms. The third-order valence-corrected chi connectivity index (χ3v) is 3.06. The van der Waals surface area contributed by atoms with Gasteiger partial charge in [-0.25, -0.2) is 4.79 Å². The summed E-state index contributed by atoms with van der Waals surface area (Å²) in [4.78, 5) is 22.9. The molecule has 0 aliphatic carbocycles. The van der Waals surface area contributed by atoms with E-state index in [0.717, 1.165) is 11.1 Å². The molecule has 1 aromatic rings.